The molecule has 3 aromatic rings. The fraction of sp³-hybridized carbons (Fsp3) is 0.167. The van der Waals surface area contributed by atoms with Crippen LogP contribution in [0.15, 0.2) is 48.5 Å². The molecular weight excluding hydrogens is 272 g/mol. The van der Waals surface area contributed by atoms with E-state index in [4.69, 9.17) is 0 Å². The molecule has 1 heterocycles. The molecule has 1 aromatic heterocycles. The third kappa shape index (κ3) is 2.27. The summed E-state index contributed by atoms with van der Waals surface area (Å²) < 4.78 is 1.78. The molecule has 0 aliphatic heterocycles. The number of nitrogens with zero attached hydrogens (tertiary/aromatic N) is 4. The number of hydrogen-bond donors (Lipinski definition) is 0. The summed E-state index contributed by atoms with van der Waals surface area (Å²) in [5.41, 5.74) is 5.32. The zero-order chi connectivity index (χ0) is 15.5. The highest BCUT2D eigenvalue weighted by Gasteiger charge is 2.18. The Balaban J connectivity index is 2.30. The molecule has 108 valence electrons. The molecule has 3 rings (SSSR count). The van der Waals surface area contributed by atoms with E-state index in [0.717, 1.165) is 28.9 Å². The van der Waals surface area contributed by atoms with Gasteiger partial charge in [0.15, 0.2) is 5.69 Å². The van der Waals surface area contributed by atoms with Crippen molar-refractivity contribution in [2.45, 2.75) is 20.3 Å². The topological polar surface area (TPSA) is 54.5 Å². The Labute approximate surface area is 129 Å². The summed E-state index contributed by atoms with van der Waals surface area (Å²) in [6.45, 7) is 4.13. The lowest BCUT2D eigenvalue weighted by atomic mass is 10.0. The van der Waals surface area contributed by atoms with Crippen LogP contribution in [-0.2, 0) is 6.42 Å². The van der Waals surface area contributed by atoms with E-state index in [2.05, 4.69) is 29.4 Å². The largest absolute Gasteiger partial charge is 0.211 e. The molecular formula is C18H16N4. The molecule has 4 nitrogen and oxygen atoms in total. The molecule has 0 N–H and O–H groups in total. The Morgan fingerprint density at radius 2 is 1.82 bits per heavy atom. The van der Waals surface area contributed by atoms with Crippen molar-refractivity contribution < 1.29 is 0 Å². The summed E-state index contributed by atoms with van der Waals surface area (Å²) in [6, 6.07) is 18.2. The van der Waals surface area contributed by atoms with Crippen LogP contribution in [0.1, 0.15) is 23.7 Å². The van der Waals surface area contributed by atoms with Crippen molar-refractivity contribution in [3.05, 3.63) is 65.4 Å². The van der Waals surface area contributed by atoms with Crippen LogP contribution in [0, 0.1) is 18.3 Å². The van der Waals surface area contributed by atoms with Gasteiger partial charge in [0.2, 0.25) is 0 Å². The quantitative estimate of drug-likeness (QED) is 0.738. The molecule has 0 aliphatic rings. The van der Waals surface area contributed by atoms with Gasteiger partial charge in [-0.1, -0.05) is 54.6 Å². The maximum atomic E-state index is 9.39. The Bertz CT molecular complexity index is 856. The first-order chi connectivity index (χ1) is 10.8. The minimum atomic E-state index is 0.347. The van der Waals surface area contributed by atoms with Gasteiger partial charge in [-0.3, -0.25) is 0 Å². The van der Waals surface area contributed by atoms with Crippen LogP contribution in [0.25, 0.3) is 16.9 Å². The Kier molecular flexibility index (Phi) is 3.71. The van der Waals surface area contributed by atoms with Gasteiger partial charge in [0.1, 0.15) is 11.8 Å². The zero-order valence-electron chi connectivity index (χ0n) is 12.6. The summed E-state index contributed by atoms with van der Waals surface area (Å²) in [7, 11) is 0. The normalized spacial score (nSPS) is 10.4. The van der Waals surface area contributed by atoms with Crippen LogP contribution < -0.4 is 0 Å². The Hall–Kier alpha value is -2.93. The van der Waals surface area contributed by atoms with E-state index in [1.165, 1.54) is 5.56 Å². The smallest absolute Gasteiger partial charge is 0.191 e. The molecule has 0 radical (unpaired) electrons. The molecule has 0 fully saturated rings. The van der Waals surface area contributed by atoms with Crippen LogP contribution in [0.4, 0.5) is 0 Å². The van der Waals surface area contributed by atoms with E-state index in [-0.39, 0.29) is 0 Å². The van der Waals surface area contributed by atoms with Gasteiger partial charge in [-0.15, -0.1) is 5.10 Å². The number of rotatable bonds is 3. The SMILES string of the molecule is CCc1ccccc1-n1nnc(C#N)c1-c1ccccc1C. The minimum Gasteiger partial charge on any atom is -0.211 e. The highest BCUT2D eigenvalue weighted by Crippen LogP contribution is 2.28. The summed E-state index contributed by atoms with van der Waals surface area (Å²) in [6.07, 6.45) is 0.894. The predicted octanol–water partition coefficient (Wildman–Crippen LogP) is 3.68. The second-order valence-electron chi connectivity index (χ2n) is 5.11. The maximum Gasteiger partial charge on any atom is 0.191 e. The van der Waals surface area contributed by atoms with Crippen LogP contribution in [0.2, 0.25) is 0 Å². The number of aryl methyl sites for hydroxylation is 2. The summed E-state index contributed by atoms with van der Waals surface area (Å²) in [5.74, 6) is 0. The Morgan fingerprint density at radius 3 is 2.55 bits per heavy atom. The molecule has 0 bridgehead atoms. The predicted molar refractivity (Wildman–Crippen MR) is 85.6 cm³/mol. The van der Waals surface area contributed by atoms with Crippen molar-refractivity contribution in [2.75, 3.05) is 0 Å². The van der Waals surface area contributed by atoms with Crippen molar-refractivity contribution in [1.82, 2.24) is 15.0 Å². The van der Waals surface area contributed by atoms with E-state index in [1.54, 1.807) is 4.68 Å². The third-order valence-electron chi connectivity index (χ3n) is 3.78. The van der Waals surface area contributed by atoms with Crippen molar-refractivity contribution >= 4 is 0 Å². The second-order valence-corrected chi connectivity index (χ2v) is 5.11. The number of para-hydroxylation sites is 1. The van der Waals surface area contributed by atoms with Gasteiger partial charge in [0.25, 0.3) is 0 Å². The van der Waals surface area contributed by atoms with Crippen molar-refractivity contribution in [3.63, 3.8) is 0 Å². The number of benzene rings is 2. The van der Waals surface area contributed by atoms with Gasteiger partial charge in [0, 0.05) is 5.56 Å². The van der Waals surface area contributed by atoms with E-state index in [1.807, 2.05) is 49.4 Å². The lowest BCUT2D eigenvalue weighted by molar-refractivity contribution is 0.797. The summed E-state index contributed by atoms with van der Waals surface area (Å²) in [4.78, 5) is 0. The molecule has 2 aromatic carbocycles. The number of aromatic nitrogens is 3. The summed E-state index contributed by atoms with van der Waals surface area (Å²) in [5, 5.41) is 17.7. The maximum absolute atomic E-state index is 9.39. The lowest BCUT2D eigenvalue weighted by Crippen LogP contribution is -2.04. The highest BCUT2D eigenvalue weighted by molar-refractivity contribution is 5.70. The molecule has 0 saturated heterocycles. The lowest BCUT2D eigenvalue weighted by Gasteiger charge is -2.12. The fourth-order valence-corrected chi connectivity index (χ4v) is 2.62. The van der Waals surface area contributed by atoms with Crippen molar-refractivity contribution in [3.8, 4) is 23.0 Å². The highest BCUT2D eigenvalue weighted by atomic mass is 15.4. The molecule has 0 aliphatic carbocycles. The first kappa shape index (κ1) is 14.0. The first-order valence-corrected chi connectivity index (χ1v) is 7.26. The van der Waals surface area contributed by atoms with Crippen LogP contribution in [0.3, 0.4) is 0 Å². The third-order valence-corrected chi connectivity index (χ3v) is 3.78. The fourth-order valence-electron chi connectivity index (χ4n) is 2.62. The molecule has 0 unspecified atom stereocenters. The van der Waals surface area contributed by atoms with Gasteiger partial charge in [-0.25, -0.2) is 4.68 Å². The standard InChI is InChI=1S/C18H16N4/c1-3-14-9-5-7-11-17(14)22-18(16(12-19)20-21-22)15-10-6-4-8-13(15)2/h4-11H,3H2,1-2H3. The van der Waals surface area contributed by atoms with Gasteiger partial charge < -0.3 is 0 Å². The van der Waals surface area contributed by atoms with Crippen molar-refractivity contribution in [1.29, 1.82) is 5.26 Å². The van der Waals surface area contributed by atoms with E-state index >= 15 is 0 Å². The molecule has 0 saturated carbocycles. The molecule has 0 atom stereocenters. The first-order valence-electron chi connectivity index (χ1n) is 7.26. The molecule has 0 spiro atoms. The average Bonchev–Trinajstić information content (AvgIpc) is 2.98. The monoisotopic (exact) mass is 288 g/mol. The Morgan fingerprint density at radius 1 is 1.09 bits per heavy atom. The van der Waals surface area contributed by atoms with Crippen molar-refractivity contribution in [2.24, 2.45) is 0 Å². The zero-order valence-corrected chi connectivity index (χ0v) is 12.6. The number of hydrogen-bond acceptors (Lipinski definition) is 3. The number of nitriles is 1. The van der Waals surface area contributed by atoms with Gasteiger partial charge in [-0.05, 0) is 30.5 Å². The van der Waals surface area contributed by atoms with E-state index < -0.39 is 0 Å². The van der Waals surface area contributed by atoms with Crippen LogP contribution in [0.5, 0.6) is 0 Å². The van der Waals surface area contributed by atoms with Gasteiger partial charge >= 0.3 is 0 Å². The van der Waals surface area contributed by atoms with Crippen LogP contribution in [-0.4, -0.2) is 15.0 Å². The van der Waals surface area contributed by atoms with E-state index in [0.29, 0.717) is 5.69 Å². The average molecular weight is 288 g/mol. The second kappa shape index (κ2) is 5.82. The molecule has 22 heavy (non-hydrogen) atoms. The van der Waals surface area contributed by atoms with Gasteiger partial charge in [0.05, 0.1) is 5.69 Å². The van der Waals surface area contributed by atoms with E-state index in [9.17, 15) is 5.26 Å². The van der Waals surface area contributed by atoms with Gasteiger partial charge in [-0.2, -0.15) is 5.26 Å². The van der Waals surface area contributed by atoms with Crippen LogP contribution >= 0.6 is 0 Å². The molecule has 4 heteroatoms. The minimum absolute atomic E-state index is 0.347. The summed E-state index contributed by atoms with van der Waals surface area (Å²) >= 11 is 0. The molecule has 0 amide bonds.